The number of rotatable bonds is 5. The minimum atomic E-state index is -0.428. The Morgan fingerprint density at radius 3 is 2.48 bits per heavy atom. The molecule has 0 bridgehead atoms. The first-order valence-corrected chi connectivity index (χ1v) is 6.94. The first kappa shape index (κ1) is 17.1. The van der Waals surface area contributed by atoms with Crippen molar-refractivity contribution < 1.29 is 8.78 Å². The largest absolute Gasteiger partial charge is 0.309 e. The van der Waals surface area contributed by atoms with E-state index in [0.29, 0.717) is 12.1 Å². The third kappa shape index (κ3) is 4.37. The molecule has 0 aliphatic rings. The van der Waals surface area contributed by atoms with Gasteiger partial charge in [-0.3, -0.25) is 0 Å². The summed E-state index contributed by atoms with van der Waals surface area (Å²) in [7, 11) is 0. The van der Waals surface area contributed by atoms with Crippen molar-refractivity contribution in [2.45, 2.75) is 13.1 Å². The number of nitrogens with zero attached hydrogens (tertiary/aromatic N) is 2. The highest BCUT2D eigenvalue weighted by Gasteiger charge is 2.03. The summed E-state index contributed by atoms with van der Waals surface area (Å²) in [6.07, 6.45) is 5.34. The molecule has 23 heavy (non-hydrogen) atoms. The molecule has 0 saturated carbocycles. The predicted octanol–water partition coefficient (Wildman–Crippen LogP) is 3.86. The fourth-order valence-corrected chi connectivity index (χ4v) is 2.22. The summed E-state index contributed by atoms with van der Waals surface area (Å²) in [6.45, 7) is 0.868. The zero-order valence-electron chi connectivity index (χ0n) is 12.2. The molecule has 0 aliphatic heterocycles. The Kier molecular flexibility index (Phi) is 5.84. The van der Waals surface area contributed by atoms with Gasteiger partial charge in [-0.05, 0) is 35.9 Å². The van der Waals surface area contributed by atoms with Gasteiger partial charge in [-0.15, -0.1) is 12.4 Å². The van der Waals surface area contributed by atoms with Crippen molar-refractivity contribution in [3.63, 3.8) is 0 Å². The second-order valence-corrected chi connectivity index (χ2v) is 4.98. The van der Waals surface area contributed by atoms with Gasteiger partial charge in [-0.25, -0.2) is 13.8 Å². The molecule has 2 aromatic carbocycles. The molecule has 120 valence electrons. The molecule has 1 heterocycles. The summed E-state index contributed by atoms with van der Waals surface area (Å²) in [5.74, 6) is -0.827. The van der Waals surface area contributed by atoms with Crippen molar-refractivity contribution in [3.8, 4) is 5.69 Å². The van der Waals surface area contributed by atoms with Crippen LogP contribution in [0.15, 0.2) is 61.2 Å². The molecule has 0 amide bonds. The van der Waals surface area contributed by atoms with Crippen LogP contribution < -0.4 is 5.32 Å². The van der Waals surface area contributed by atoms with E-state index < -0.39 is 11.6 Å². The van der Waals surface area contributed by atoms with E-state index in [1.54, 1.807) is 12.5 Å². The minimum absolute atomic E-state index is 0. The van der Waals surface area contributed by atoms with Crippen molar-refractivity contribution in [2.24, 2.45) is 0 Å². The van der Waals surface area contributed by atoms with Gasteiger partial charge >= 0.3 is 0 Å². The van der Waals surface area contributed by atoms with Crippen LogP contribution in [0.2, 0.25) is 0 Å². The Morgan fingerprint density at radius 2 is 1.78 bits per heavy atom. The monoisotopic (exact) mass is 335 g/mol. The molecule has 3 rings (SSSR count). The summed E-state index contributed by atoms with van der Waals surface area (Å²) in [5, 5.41) is 3.11. The molecule has 6 heteroatoms. The lowest BCUT2D eigenvalue weighted by Crippen LogP contribution is -2.14. The number of halogens is 3. The highest BCUT2D eigenvalue weighted by molar-refractivity contribution is 5.85. The molecular weight excluding hydrogens is 320 g/mol. The fourth-order valence-electron chi connectivity index (χ4n) is 2.22. The van der Waals surface area contributed by atoms with Crippen LogP contribution in [0.5, 0.6) is 0 Å². The van der Waals surface area contributed by atoms with Gasteiger partial charge in [-0.1, -0.05) is 12.1 Å². The molecule has 0 atom stereocenters. The Labute approximate surface area is 139 Å². The molecular formula is C17H16ClF2N3. The second-order valence-electron chi connectivity index (χ2n) is 4.98. The SMILES string of the molecule is Cl.Fc1ccc(F)c(CNCc2ccc(-n3ccnc3)cc2)c1. The lowest BCUT2D eigenvalue weighted by molar-refractivity contribution is 0.568. The van der Waals surface area contributed by atoms with Crippen LogP contribution >= 0.6 is 12.4 Å². The molecule has 1 N–H and O–H groups in total. The molecule has 0 unspecified atom stereocenters. The van der Waals surface area contributed by atoms with Crippen molar-refractivity contribution in [3.05, 3.63) is 83.9 Å². The van der Waals surface area contributed by atoms with Crippen molar-refractivity contribution in [1.82, 2.24) is 14.9 Å². The van der Waals surface area contributed by atoms with Crippen LogP contribution in [0.4, 0.5) is 8.78 Å². The Balaban J connectivity index is 0.00000192. The average molecular weight is 336 g/mol. The summed E-state index contributed by atoms with van der Waals surface area (Å²) in [5.41, 5.74) is 2.42. The normalized spacial score (nSPS) is 10.3. The lowest BCUT2D eigenvalue weighted by Gasteiger charge is -2.08. The highest BCUT2D eigenvalue weighted by Crippen LogP contribution is 2.11. The van der Waals surface area contributed by atoms with E-state index in [1.165, 1.54) is 6.07 Å². The second kappa shape index (κ2) is 7.85. The predicted molar refractivity (Wildman–Crippen MR) is 87.7 cm³/mol. The molecule has 0 aliphatic carbocycles. The maximum atomic E-state index is 13.5. The van der Waals surface area contributed by atoms with Gasteiger partial charge in [0.05, 0.1) is 6.33 Å². The molecule has 3 nitrogen and oxygen atoms in total. The van der Waals surface area contributed by atoms with Crippen LogP contribution in [0.1, 0.15) is 11.1 Å². The number of hydrogen-bond acceptors (Lipinski definition) is 2. The van der Waals surface area contributed by atoms with E-state index in [9.17, 15) is 8.78 Å². The molecule has 1 aromatic heterocycles. The molecule has 0 radical (unpaired) electrons. The van der Waals surface area contributed by atoms with Crippen LogP contribution in [-0.4, -0.2) is 9.55 Å². The molecule has 0 fully saturated rings. The van der Waals surface area contributed by atoms with Crippen LogP contribution in [0.25, 0.3) is 5.69 Å². The quantitative estimate of drug-likeness (QED) is 0.767. The first-order chi connectivity index (χ1) is 10.7. The van der Waals surface area contributed by atoms with Crippen molar-refractivity contribution >= 4 is 12.4 Å². The summed E-state index contributed by atoms with van der Waals surface area (Å²) in [4.78, 5) is 4.00. The number of hydrogen-bond donors (Lipinski definition) is 1. The van der Waals surface area contributed by atoms with Crippen LogP contribution in [0.3, 0.4) is 0 Å². The average Bonchev–Trinajstić information content (AvgIpc) is 3.06. The van der Waals surface area contributed by atoms with E-state index in [1.807, 2.05) is 35.0 Å². The fraction of sp³-hybridized carbons (Fsp3) is 0.118. The van der Waals surface area contributed by atoms with Gasteiger partial charge < -0.3 is 9.88 Å². The molecule has 3 aromatic rings. The third-order valence-electron chi connectivity index (χ3n) is 3.39. The topological polar surface area (TPSA) is 29.9 Å². The number of imidazole rings is 1. The third-order valence-corrected chi connectivity index (χ3v) is 3.39. The number of benzene rings is 2. The van der Waals surface area contributed by atoms with E-state index in [2.05, 4.69) is 10.3 Å². The summed E-state index contributed by atoms with van der Waals surface area (Å²) >= 11 is 0. The van der Waals surface area contributed by atoms with E-state index in [4.69, 9.17) is 0 Å². The minimum Gasteiger partial charge on any atom is -0.309 e. The van der Waals surface area contributed by atoms with Gasteiger partial charge in [0.1, 0.15) is 11.6 Å². The van der Waals surface area contributed by atoms with Gasteiger partial charge in [-0.2, -0.15) is 0 Å². The number of nitrogens with one attached hydrogen (secondary N) is 1. The smallest absolute Gasteiger partial charge is 0.127 e. The number of aromatic nitrogens is 2. The van der Waals surface area contributed by atoms with Crippen molar-refractivity contribution in [1.29, 1.82) is 0 Å². The Morgan fingerprint density at radius 1 is 1.00 bits per heavy atom. The van der Waals surface area contributed by atoms with Gasteiger partial charge in [0.2, 0.25) is 0 Å². The van der Waals surface area contributed by atoms with Crippen LogP contribution in [-0.2, 0) is 13.1 Å². The zero-order chi connectivity index (χ0) is 15.4. The summed E-state index contributed by atoms with van der Waals surface area (Å²) in [6, 6.07) is 11.4. The lowest BCUT2D eigenvalue weighted by atomic mass is 10.1. The molecule has 0 saturated heterocycles. The zero-order valence-corrected chi connectivity index (χ0v) is 13.1. The standard InChI is InChI=1S/C17H15F2N3.ClH/c18-15-3-6-17(19)14(9-15)11-21-10-13-1-4-16(5-2-13)22-8-7-20-12-22;/h1-9,12,21H,10-11H2;1H. The van der Waals surface area contributed by atoms with Gasteiger partial charge in [0.25, 0.3) is 0 Å². The van der Waals surface area contributed by atoms with Crippen LogP contribution in [0, 0.1) is 11.6 Å². The highest BCUT2D eigenvalue weighted by atomic mass is 35.5. The van der Waals surface area contributed by atoms with Gasteiger partial charge in [0.15, 0.2) is 0 Å². The molecule has 0 spiro atoms. The maximum Gasteiger partial charge on any atom is 0.127 e. The first-order valence-electron chi connectivity index (χ1n) is 6.94. The van der Waals surface area contributed by atoms with Gasteiger partial charge in [0, 0.05) is 36.7 Å². The Bertz CT molecular complexity index is 743. The van der Waals surface area contributed by atoms with E-state index in [-0.39, 0.29) is 19.0 Å². The summed E-state index contributed by atoms with van der Waals surface area (Å²) < 4.78 is 28.5. The Hall–Kier alpha value is -2.24. The van der Waals surface area contributed by atoms with E-state index in [0.717, 1.165) is 23.4 Å². The maximum absolute atomic E-state index is 13.5. The van der Waals surface area contributed by atoms with Crippen molar-refractivity contribution in [2.75, 3.05) is 0 Å². The van der Waals surface area contributed by atoms with E-state index >= 15 is 0 Å².